The van der Waals surface area contributed by atoms with Crippen LogP contribution in [0.15, 0.2) is 18.7 Å². The van der Waals surface area contributed by atoms with Gasteiger partial charge in [0.15, 0.2) is 0 Å². The molecule has 0 radical (unpaired) electrons. The Bertz CT molecular complexity index is 186. The van der Waals surface area contributed by atoms with E-state index in [4.69, 9.17) is 0 Å². The van der Waals surface area contributed by atoms with Crippen LogP contribution in [-0.4, -0.2) is 14.9 Å². The van der Waals surface area contributed by atoms with Gasteiger partial charge in [-0.15, -0.1) is 0 Å². The molecule has 0 aliphatic heterocycles. The van der Waals surface area contributed by atoms with Crippen LogP contribution in [0, 0.1) is 0 Å². The highest BCUT2D eigenvalue weighted by Crippen LogP contribution is 2.20. The van der Waals surface area contributed by atoms with Gasteiger partial charge >= 0.3 is 0 Å². The fourth-order valence-electron chi connectivity index (χ4n) is 0.830. The number of rotatable bonds is 4. The summed E-state index contributed by atoms with van der Waals surface area (Å²) in [5.41, 5.74) is 0. The molecule has 1 atom stereocenters. The van der Waals surface area contributed by atoms with E-state index in [0.717, 1.165) is 11.8 Å². The highest BCUT2D eigenvalue weighted by Gasteiger charge is 2.03. The molecule has 1 rings (SSSR count). The van der Waals surface area contributed by atoms with E-state index in [1.54, 1.807) is 6.20 Å². The number of alkyl halides is 2. The lowest BCUT2D eigenvalue weighted by Gasteiger charge is -2.08. The molecule has 0 aromatic carbocycles. The summed E-state index contributed by atoms with van der Waals surface area (Å²) >= 11 is 6.96. The molecule has 0 saturated heterocycles. The second-order valence-electron chi connectivity index (χ2n) is 2.28. The minimum atomic E-state index is 0.391. The van der Waals surface area contributed by atoms with Crippen molar-refractivity contribution in [1.82, 2.24) is 9.55 Å². The molecule has 0 saturated carbocycles. The van der Waals surface area contributed by atoms with Crippen LogP contribution >= 0.6 is 31.9 Å². The predicted octanol–water partition coefficient (Wildman–Crippen LogP) is 2.95. The quantitative estimate of drug-likeness (QED) is 0.776. The van der Waals surface area contributed by atoms with E-state index >= 15 is 0 Å². The molecular formula is C7H10Br2N2. The van der Waals surface area contributed by atoms with Gasteiger partial charge in [-0.25, -0.2) is 4.98 Å². The molecule has 0 aliphatic rings. The summed E-state index contributed by atoms with van der Waals surface area (Å²) in [5.74, 6) is 0. The molecule has 1 aromatic heterocycles. The lowest BCUT2D eigenvalue weighted by molar-refractivity contribution is 0.628. The van der Waals surface area contributed by atoms with Crippen molar-refractivity contribution < 1.29 is 0 Å². The first kappa shape index (κ1) is 9.26. The van der Waals surface area contributed by atoms with E-state index in [1.807, 2.05) is 12.5 Å². The topological polar surface area (TPSA) is 17.8 Å². The molecule has 0 N–H and O–H groups in total. The van der Waals surface area contributed by atoms with Crippen molar-refractivity contribution in [3.8, 4) is 0 Å². The third-order valence-corrected chi connectivity index (χ3v) is 2.92. The zero-order chi connectivity index (χ0) is 8.10. The van der Waals surface area contributed by atoms with Crippen molar-refractivity contribution in [2.75, 3.05) is 5.33 Å². The van der Waals surface area contributed by atoms with Gasteiger partial charge in [0.05, 0.1) is 11.3 Å². The minimum Gasteiger partial charge on any atom is -0.324 e. The number of hydrogen-bond acceptors (Lipinski definition) is 1. The summed E-state index contributed by atoms with van der Waals surface area (Å²) in [6.45, 7) is 0. The first-order valence-electron chi connectivity index (χ1n) is 3.52. The molecule has 0 aliphatic carbocycles. The number of aromatic nitrogens is 2. The smallest absolute Gasteiger partial charge is 0.0955 e. The summed E-state index contributed by atoms with van der Waals surface area (Å²) < 4.78 is 2.06. The number of nitrogens with zero attached hydrogens (tertiary/aromatic N) is 2. The Kier molecular flexibility index (Phi) is 4.15. The second kappa shape index (κ2) is 4.93. The Morgan fingerprint density at radius 3 is 2.91 bits per heavy atom. The Morgan fingerprint density at radius 2 is 2.36 bits per heavy atom. The standard InChI is InChI=1S/C7H10Br2N2/c8-3-1-2-7(9)11-5-4-10-6-11/h4-7H,1-3H2. The van der Waals surface area contributed by atoms with Crippen LogP contribution in [0.25, 0.3) is 0 Å². The van der Waals surface area contributed by atoms with Crippen LogP contribution in [0.2, 0.25) is 0 Å². The van der Waals surface area contributed by atoms with Gasteiger partial charge in [-0.1, -0.05) is 31.9 Å². The van der Waals surface area contributed by atoms with Crippen LogP contribution in [0.1, 0.15) is 17.8 Å². The van der Waals surface area contributed by atoms with Crippen molar-refractivity contribution in [3.05, 3.63) is 18.7 Å². The molecule has 1 aromatic rings. The van der Waals surface area contributed by atoms with E-state index in [2.05, 4.69) is 41.4 Å². The average Bonchev–Trinajstić information content (AvgIpc) is 2.52. The van der Waals surface area contributed by atoms with Gasteiger partial charge in [0.25, 0.3) is 0 Å². The van der Waals surface area contributed by atoms with Crippen LogP contribution in [0.3, 0.4) is 0 Å². The normalized spacial score (nSPS) is 13.3. The van der Waals surface area contributed by atoms with Crippen molar-refractivity contribution in [2.24, 2.45) is 0 Å². The number of hydrogen-bond donors (Lipinski definition) is 0. The lowest BCUT2D eigenvalue weighted by atomic mass is 10.3. The monoisotopic (exact) mass is 280 g/mol. The predicted molar refractivity (Wildman–Crippen MR) is 53.2 cm³/mol. The SMILES string of the molecule is BrCCCC(Br)n1ccnc1. The molecule has 0 amide bonds. The van der Waals surface area contributed by atoms with Crippen molar-refractivity contribution in [3.63, 3.8) is 0 Å². The van der Waals surface area contributed by atoms with E-state index in [1.165, 1.54) is 6.42 Å². The van der Waals surface area contributed by atoms with Crippen molar-refractivity contribution in [2.45, 2.75) is 17.8 Å². The maximum absolute atomic E-state index is 3.97. The van der Waals surface area contributed by atoms with Gasteiger partial charge in [0.2, 0.25) is 0 Å². The first-order chi connectivity index (χ1) is 5.34. The minimum absolute atomic E-state index is 0.391. The Morgan fingerprint density at radius 1 is 1.55 bits per heavy atom. The molecular weight excluding hydrogens is 272 g/mol. The van der Waals surface area contributed by atoms with E-state index in [-0.39, 0.29) is 0 Å². The van der Waals surface area contributed by atoms with E-state index < -0.39 is 0 Å². The fourth-order valence-corrected chi connectivity index (χ4v) is 1.72. The Hall–Kier alpha value is 0.170. The molecule has 4 heteroatoms. The summed E-state index contributed by atoms with van der Waals surface area (Å²) in [7, 11) is 0. The molecule has 0 bridgehead atoms. The maximum Gasteiger partial charge on any atom is 0.0955 e. The summed E-state index contributed by atoms with van der Waals surface area (Å²) in [6.07, 6.45) is 7.89. The third kappa shape index (κ3) is 2.95. The third-order valence-electron chi connectivity index (χ3n) is 1.42. The van der Waals surface area contributed by atoms with Crippen molar-refractivity contribution >= 4 is 31.9 Å². The lowest BCUT2D eigenvalue weighted by Crippen LogP contribution is -1.98. The molecule has 62 valence electrons. The molecule has 11 heavy (non-hydrogen) atoms. The van der Waals surface area contributed by atoms with Crippen LogP contribution in [0.5, 0.6) is 0 Å². The largest absolute Gasteiger partial charge is 0.324 e. The summed E-state index contributed by atoms with van der Waals surface area (Å²) in [4.78, 5) is 4.36. The molecule has 1 unspecified atom stereocenters. The van der Waals surface area contributed by atoms with Gasteiger partial charge < -0.3 is 4.57 Å². The number of halogens is 2. The Labute approximate surface area is 83.3 Å². The van der Waals surface area contributed by atoms with Gasteiger partial charge in [0.1, 0.15) is 0 Å². The van der Waals surface area contributed by atoms with E-state index in [9.17, 15) is 0 Å². The molecule has 2 nitrogen and oxygen atoms in total. The highest BCUT2D eigenvalue weighted by molar-refractivity contribution is 9.09. The zero-order valence-corrected chi connectivity index (χ0v) is 9.25. The molecule has 0 fully saturated rings. The first-order valence-corrected chi connectivity index (χ1v) is 5.56. The average molecular weight is 282 g/mol. The second-order valence-corrected chi connectivity index (χ2v) is 4.13. The van der Waals surface area contributed by atoms with Crippen LogP contribution in [-0.2, 0) is 0 Å². The molecule has 0 spiro atoms. The summed E-state index contributed by atoms with van der Waals surface area (Å²) in [5, 5.41) is 1.06. The fraction of sp³-hybridized carbons (Fsp3) is 0.571. The highest BCUT2D eigenvalue weighted by atomic mass is 79.9. The van der Waals surface area contributed by atoms with Gasteiger partial charge in [0, 0.05) is 17.7 Å². The van der Waals surface area contributed by atoms with Crippen LogP contribution in [0.4, 0.5) is 0 Å². The Balaban J connectivity index is 2.36. The molecule has 1 heterocycles. The van der Waals surface area contributed by atoms with Gasteiger partial charge in [-0.2, -0.15) is 0 Å². The van der Waals surface area contributed by atoms with Gasteiger partial charge in [-0.05, 0) is 12.8 Å². The van der Waals surface area contributed by atoms with Crippen molar-refractivity contribution in [1.29, 1.82) is 0 Å². The number of imidazole rings is 1. The van der Waals surface area contributed by atoms with Gasteiger partial charge in [-0.3, -0.25) is 0 Å². The van der Waals surface area contributed by atoms with E-state index in [0.29, 0.717) is 4.95 Å². The van der Waals surface area contributed by atoms with Crippen LogP contribution < -0.4 is 0 Å². The summed E-state index contributed by atoms with van der Waals surface area (Å²) in [6, 6.07) is 0. The maximum atomic E-state index is 3.97. The zero-order valence-electron chi connectivity index (χ0n) is 6.08.